The Morgan fingerprint density at radius 1 is 1.00 bits per heavy atom. The van der Waals surface area contributed by atoms with E-state index < -0.39 is 0 Å². The van der Waals surface area contributed by atoms with Crippen LogP contribution in [0.25, 0.3) is 0 Å². The third-order valence-corrected chi connectivity index (χ3v) is 5.61. The van der Waals surface area contributed by atoms with Crippen LogP contribution in [0.1, 0.15) is 39.9 Å². The molecule has 0 bridgehead atoms. The van der Waals surface area contributed by atoms with Crippen molar-refractivity contribution < 1.29 is 18.8 Å². The van der Waals surface area contributed by atoms with Crippen molar-refractivity contribution >= 4 is 23.4 Å². The molecule has 3 rings (SSSR count). The maximum absolute atomic E-state index is 13.0. The number of amides is 3. The molecule has 2 N–H and O–H groups in total. The van der Waals surface area contributed by atoms with Gasteiger partial charge in [0.2, 0.25) is 11.8 Å². The van der Waals surface area contributed by atoms with E-state index in [9.17, 15) is 18.8 Å². The molecule has 3 amide bonds. The predicted octanol–water partition coefficient (Wildman–Crippen LogP) is 3.36. The first kappa shape index (κ1) is 22.5. The van der Waals surface area contributed by atoms with E-state index in [1.807, 2.05) is 32.9 Å². The van der Waals surface area contributed by atoms with Crippen LogP contribution in [0.4, 0.5) is 10.1 Å². The van der Waals surface area contributed by atoms with Gasteiger partial charge in [0.25, 0.3) is 5.91 Å². The summed E-state index contributed by atoms with van der Waals surface area (Å²) < 4.78 is 13.0. The predicted molar refractivity (Wildman–Crippen MR) is 117 cm³/mol. The molecule has 0 unspecified atom stereocenters. The van der Waals surface area contributed by atoms with Gasteiger partial charge in [0, 0.05) is 30.3 Å². The number of hydrogen-bond donors (Lipinski definition) is 2. The van der Waals surface area contributed by atoms with E-state index in [0.717, 1.165) is 22.4 Å². The van der Waals surface area contributed by atoms with E-state index in [-0.39, 0.29) is 36.0 Å². The van der Waals surface area contributed by atoms with Crippen molar-refractivity contribution in [1.82, 2.24) is 10.2 Å². The van der Waals surface area contributed by atoms with Gasteiger partial charge in [-0.25, -0.2) is 4.39 Å². The van der Waals surface area contributed by atoms with Crippen LogP contribution in [0.15, 0.2) is 36.4 Å². The number of likely N-dealkylation sites (tertiary alicyclic amines) is 1. The molecule has 2 aromatic carbocycles. The van der Waals surface area contributed by atoms with Crippen LogP contribution >= 0.6 is 0 Å². The molecule has 0 atom stereocenters. The number of aryl methyl sites for hydroxylation is 3. The molecular weight excluding hydrogens is 397 g/mol. The van der Waals surface area contributed by atoms with Crippen LogP contribution in [0.3, 0.4) is 0 Å². The number of halogens is 1. The number of nitrogens with zero attached hydrogens (tertiary/aromatic N) is 1. The average Bonchev–Trinajstić information content (AvgIpc) is 2.74. The van der Waals surface area contributed by atoms with Crippen LogP contribution in [-0.4, -0.2) is 42.3 Å². The van der Waals surface area contributed by atoms with Crippen LogP contribution in [0.2, 0.25) is 0 Å². The molecule has 2 aromatic rings. The Hall–Kier alpha value is -3.22. The molecular formula is C24H28FN3O3. The summed E-state index contributed by atoms with van der Waals surface area (Å²) in [5, 5.41) is 5.58. The van der Waals surface area contributed by atoms with Gasteiger partial charge in [0.1, 0.15) is 5.82 Å². The Kier molecular flexibility index (Phi) is 7.05. The van der Waals surface area contributed by atoms with Gasteiger partial charge in [0.05, 0.1) is 6.54 Å². The van der Waals surface area contributed by atoms with E-state index in [2.05, 4.69) is 10.6 Å². The molecule has 0 saturated carbocycles. The van der Waals surface area contributed by atoms with E-state index in [4.69, 9.17) is 0 Å². The summed E-state index contributed by atoms with van der Waals surface area (Å²) in [6.45, 7) is 6.68. The van der Waals surface area contributed by atoms with Crippen molar-refractivity contribution in [3.05, 3.63) is 64.5 Å². The summed E-state index contributed by atoms with van der Waals surface area (Å²) in [5.41, 5.74) is 4.30. The number of carbonyl (C=O) groups excluding carboxylic acids is 3. The lowest BCUT2D eigenvalue weighted by molar-refractivity contribution is -0.128. The van der Waals surface area contributed by atoms with Crippen LogP contribution in [0.5, 0.6) is 0 Å². The minimum absolute atomic E-state index is 0.0969. The summed E-state index contributed by atoms with van der Waals surface area (Å²) in [4.78, 5) is 39.0. The molecule has 1 heterocycles. The van der Waals surface area contributed by atoms with E-state index >= 15 is 0 Å². The maximum atomic E-state index is 13.0. The molecule has 1 aliphatic heterocycles. The van der Waals surface area contributed by atoms with Crippen molar-refractivity contribution in [3.63, 3.8) is 0 Å². The normalized spacial score (nSPS) is 14.3. The third-order valence-electron chi connectivity index (χ3n) is 5.61. The second kappa shape index (κ2) is 9.73. The number of carbonyl (C=O) groups is 3. The van der Waals surface area contributed by atoms with Crippen molar-refractivity contribution in [2.45, 2.75) is 33.6 Å². The molecule has 1 fully saturated rings. The fourth-order valence-corrected chi connectivity index (χ4v) is 3.99. The summed E-state index contributed by atoms with van der Waals surface area (Å²) in [5.74, 6) is -1.24. The number of benzene rings is 2. The minimum atomic E-state index is -0.385. The van der Waals surface area contributed by atoms with E-state index in [1.165, 1.54) is 24.3 Å². The van der Waals surface area contributed by atoms with Gasteiger partial charge in [-0.15, -0.1) is 0 Å². The Labute approximate surface area is 181 Å². The second-order valence-electron chi connectivity index (χ2n) is 8.11. The number of piperidine rings is 1. The van der Waals surface area contributed by atoms with Gasteiger partial charge >= 0.3 is 0 Å². The highest BCUT2D eigenvalue weighted by Crippen LogP contribution is 2.22. The van der Waals surface area contributed by atoms with Crippen molar-refractivity contribution in [2.24, 2.45) is 5.92 Å². The smallest absolute Gasteiger partial charge is 0.253 e. The van der Waals surface area contributed by atoms with Crippen LogP contribution < -0.4 is 10.6 Å². The SMILES string of the molecule is Cc1cc(C)c(NC(=O)CNC(=O)C2CCN(C(=O)c3ccc(F)cc3)CC2)c(C)c1. The van der Waals surface area contributed by atoms with Crippen molar-refractivity contribution in [3.8, 4) is 0 Å². The molecule has 1 saturated heterocycles. The fraction of sp³-hybridized carbons (Fsp3) is 0.375. The van der Waals surface area contributed by atoms with Gasteiger partial charge in [-0.2, -0.15) is 0 Å². The monoisotopic (exact) mass is 425 g/mol. The molecule has 31 heavy (non-hydrogen) atoms. The molecule has 6 nitrogen and oxygen atoms in total. The highest BCUT2D eigenvalue weighted by Gasteiger charge is 2.28. The van der Waals surface area contributed by atoms with E-state index in [1.54, 1.807) is 4.90 Å². The van der Waals surface area contributed by atoms with Crippen molar-refractivity contribution in [1.29, 1.82) is 0 Å². The molecule has 0 radical (unpaired) electrons. The number of hydrogen-bond acceptors (Lipinski definition) is 3. The quantitative estimate of drug-likeness (QED) is 0.771. The standard InChI is InChI=1S/C24H28FN3O3/c1-15-12-16(2)22(17(3)13-15)27-21(29)14-26-23(30)18-8-10-28(11-9-18)24(31)19-4-6-20(25)7-5-19/h4-7,12-13,18H,8-11,14H2,1-3H3,(H,26,30)(H,27,29). The topological polar surface area (TPSA) is 78.5 Å². The van der Waals surface area contributed by atoms with Crippen LogP contribution in [0, 0.1) is 32.5 Å². The zero-order valence-electron chi connectivity index (χ0n) is 18.1. The zero-order valence-corrected chi connectivity index (χ0v) is 18.1. The first-order valence-corrected chi connectivity index (χ1v) is 10.4. The number of nitrogens with one attached hydrogen (secondary N) is 2. The van der Waals surface area contributed by atoms with Gasteiger partial charge < -0.3 is 15.5 Å². The summed E-state index contributed by atoms with van der Waals surface area (Å²) in [6.07, 6.45) is 1.05. The highest BCUT2D eigenvalue weighted by atomic mass is 19.1. The van der Waals surface area contributed by atoms with E-state index in [0.29, 0.717) is 31.5 Å². The average molecular weight is 426 g/mol. The largest absolute Gasteiger partial charge is 0.347 e. The summed E-state index contributed by atoms with van der Waals surface area (Å²) in [7, 11) is 0. The number of rotatable bonds is 5. The lowest BCUT2D eigenvalue weighted by Crippen LogP contribution is -2.44. The third kappa shape index (κ3) is 5.69. The van der Waals surface area contributed by atoms with Crippen molar-refractivity contribution in [2.75, 3.05) is 25.0 Å². The van der Waals surface area contributed by atoms with Gasteiger partial charge in [0.15, 0.2) is 0 Å². The second-order valence-corrected chi connectivity index (χ2v) is 8.11. The lowest BCUT2D eigenvalue weighted by atomic mass is 9.95. The van der Waals surface area contributed by atoms with Gasteiger partial charge in [-0.1, -0.05) is 17.7 Å². The van der Waals surface area contributed by atoms with Gasteiger partial charge in [-0.05, 0) is 69.0 Å². The Balaban J connectivity index is 1.46. The number of anilines is 1. The molecule has 0 aromatic heterocycles. The lowest BCUT2D eigenvalue weighted by Gasteiger charge is -2.31. The maximum Gasteiger partial charge on any atom is 0.253 e. The summed E-state index contributed by atoms with van der Waals surface area (Å²) >= 11 is 0. The minimum Gasteiger partial charge on any atom is -0.347 e. The first-order valence-electron chi connectivity index (χ1n) is 10.4. The highest BCUT2D eigenvalue weighted by molar-refractivity contribution is 5.96. The first-order chi connectivity index (χ1) is 14.7. The molecule has 7 heteroatoms. The van der Waals surface area contributed by atoms with Gasteiger partial charge in [-0.3, -0.25) is 14.4 Å². The zero-order chi connectivity index (χ0) is 22.5. The molecule has 0 aliphatic carbocycles. The molecule has 1 aliphatic rings. The Morgan fingerprint density at radius 3 is 2.16 bits per heavy atom. The van der Waals surface area contributed by atoms with Crippen LogP contribution in [-0.2, 0) is 9.59 Å². The fourth-order valence-electron chi connectivity index (χ4n) is 3.99. The summed E-state index contributed by atoms with van der Waals surface area (Å²) in [6, 6.07) is 9.46. The molecule has 0 spiro atoms. The Bertz CT molecular complexity index is 957. The Morgan fingerprint density at radius 2 is 1.58 bits per heavy atom. The molecule has 164 valence electrons.